The highest BCUT2D eigenvalue weighted by atomic mass is 35.5. The number of halogens is 2. The van der Waals surface area contributed by atoms with Crippen molar-refractivity contribution in [1.82, 2.24) is 15.1 Å². The van der Waals surface area contributed by atoms with E-state index in [1.165, 1.54) is 25.0 Å². The van der Waals surface area contributed by atoms with E-state index in [1.807, 2.05) is 0 Å². The Labute approximate surface area is 145 Å². The summed E-state index contributed by atoms with van der Waals surface area (Å²) >= 11 is 5.71. The van der Waals surface area contributed by atoms with Crippen molar-refractivity contribution in [3.05, 3.63) is 34.6 Å². The molecular formula is C17H21ClFN3O2. The average Bonchev–Trinajstić information content (AvgIpc) is 3.39. The Hall–Kier alpha value is -1.66. The summed E-state index contributed by atoms with van der Waals surface area (Å²) in [5.41, 5.74) is 0.0188. The van der Waals surface area contributed by atoms with Gasteiger partial charge >= 0.3 is 0 Å². The fourth-order valence-corrected chi connectivity index (χ4v) is 2.97. The van der Waals surface area contributed by atoms with Gasteiger partial charge in [0.2, 0.25) is 5.91 Å². The first-order chi connectivity index (χ1) is 11.5. The number of amides is 2. The monoisotopic (exact) mass is 353 g/mol. The predicted octanol–water partition coefficient (Wildman–Crippen LogP) is 1.76. The molecule has 5 nitrogen and oxygen atoms in total. The summed E-state index contributed by atoms with van der Waals surface area (Å²) in [4.78, 5) is 27.8. The minimum Gasteiger partial charge on any atom is -0.338 e. The molecule has 24 heavy (non-hydrogen) atoms. The second kappa shape index (κ2) is 7.49. The third-order valence-corrected chi connectivity index (χ3v) is 4.72. The van der Waals surface area contributed by atoms with Gasteiger partial charge in [0.25, 0.3) is 5.91 Å². The second-order valence-electron chi connectivity index (χ2n) is 6.37. The van der Waals surface area contributed by atoms with E-state index in [9.17, 15) is 14.0 Å². The van der Waals surface area contributed by atoms with Gasteiger partial charge in [-0.25, -0.2) is 4.39 Å². The first-order valence-electron chi connectivity index (χ1n) is 8.27. The normalized spacial score (nSPS) is 17.9. The van der Waals surface area contributed by atoms with Crippen molar-refractivity contribution in [3.8, 4) is 0 Å². The van der Waals surface area contributed by atoms with Crippen LogP contribution < -0.4 is 5.32 Å². The van der Waals surface area contributed by atoms with Crippen molar-refractivity contribution in [1.29, 1.82) is 0 Å². The lowest BCUT2D eigenvalue weighted by atomic mass is 10.1. The molecule has 0 aromatic heterocycles. The topological polar surface area (TPSA) is 52.7 Å². The molecule has 1 aromatic carbocycles. The fraction of sp³-hybridized carbons (Fsp3) is 0.529. The van der Waals surface area contributed by atoms with Crippen LogP contribution in [0.4, 0.5) is 4.39 Å². The van der Waals surface area contributed by atoms with Gasteiger partial charge < -0.3 is 15.1 Å². The largest absolute Gasteiger partial charge is 0.338 e. The van der Waals surface area contributed by atoms with Gasteiger partial charge in [0.15, 0.2) is 0 Å². The number of carbonyl (C=O) groups is 2. The Morgan fingerprint density at radius 2 is 1.83 bits per heavy atom. The molecule has 2 fully saturated rings. The molecule has 7 heteroatoms. The predicted molar refractivity (Wildman–Crippen MR) is 89.5 cm³/mol. The summed E-state index contributed by atoms with van der Waals surface area (Å²) < 4.78 is 13.9. The zero-order chi connectivity index (χ0) is 17.1. The first kappa shape index (κ1) is 17.2. The molecule has 1 aliphatic carbocycles. The van der Waals surface area contributed by atoms with Crippen molar-refractivity contribution in [2.45, 2.75) is 12.8 Å². The van der Waals surface area contributed by atoms with E-state index in [0.29, 0.717) is 32.7 Å². The van der Waals surface area contributed by atoms with Crippen molar-refractivity contribution in [2.24, 2.45) is 5.92 Å². The van der Waals surface area contributed by atoms with Crippen LogP contribution in [0.1, 0.15) is 23.2 Å². The van der Waals surface area contributed by atoms with E-state index in [1.54, 1.807) is 9.80 Å². The molecule has 0 atom stereocenters. The Morgan fingerprint density at radius 1 is 1.17 bits per heavy atom. The van der Waals surface area contributed by atoms with E-state index < -0.39 is 5.82 Å². The summed E-state index contributed by atoms with van der Waals surface area (Å²) in [6.07, 6.45) is 2.51. The second-order valence-corrected chi connectivity index (χ2v) is 6.81. The molecule has 130 valence electrons. The van der Waals surface area contributed by atoms with Crippen molar-refractivity contribution >= 4 is 23.4 Å². The maximum Gasteiger partial charge on any atom is 0.256 e. The third kappa shape index (κ3) is 4.24. The number of piperazine rings is 1. The van der Waals surface area contributed by atoms with E-state index >= 15 is 0 Å². The van der Waals surface area contributed by atoms with Crippen molar-refractivity contribution < 1.29 is 14.0 Å². The SMILES string of the molecule is O=C(CNCC1CC1)N1CCN(C(=O)c2ccc(Cl)cc2F)CC1. The summed E-state index contributed by atoms with van der Waals surface area (Å²) in [5, 5.41) is 3.45. The number of hydrogen-bond acceptors (Lipinski definition) is 3. The lowest BCUT2D eigenvalue weighted by molar-refractivity contribution is -0.131. The molecule has 1 N–H and O–H groups in total. The molecule has 3 rings (SSSR count). The molecule has 1 saturated carbocycles. The van der Waals surface area contributed by atoms with Crippen molar-refractivity contribution in [2.75, 3.05) is 39.3 Å². The summed E-state index contributed by atoms with van der Waals surface area (Å²) in [7, 11) is 0. The Bertz CT molecular complexity index is 628. The van der Waals surface area contributed by atoms with Gasteiger partial charge in [-0.2, -0.15) is 0 Å². The van der Waals surface area contributed by atoms with Gasteiger partial charge in [0, 0.05) is 31.2 Å². The van der Waals surface area contributed by atoms with Gasteiger partial charge in [0.1, 0.15) is 5.82 Å². The molecule has 2 aliphatic rings. The van der Waals surface area contributed by atoms with E-state index in [-0.39, 0.29) is 22.4 Å². The number of carbonyl (C=O) groups excluding carboxylic acids is 2. The van der Waals surface area contributed by atoms with Gasteiger partial charge in [-0.05, 0) is 43.5 Å². The lowest BCUT2D eigenvalue weighted by Crippen LogP contribution is -2.52. The Morgan fingerprint density at radius 3 is 2.46 bits per heavy atom. The summed E-state index contributed by atoms with van der Waals surface area (Å²) in [5.74, 6) is -0.180. The molecule has 1 aromatic rings. The number of nitrogens with zero attached hydrogens (tertiary/aromatic N) is 2. The highest BCUT2D eigenvalue weighted by molar-refractivity contribution is 6.30. The minimum absolute atomic E-state index is 0.0188. The van der Waals surface area contributed by atoms with Gasteiger partial charge in [-0.3, -0.25) is 9.59 Å². The number of hydrogen-bond donors (Lipinski definition) is 1. The van der Waals surface area contributed by atoms with E-state index in [4.69, 9.17) is 11.6 Å². The van der Waals surface area contributed by atoms with Gasteiger partial charge in [-0.1, -0.05) is 11.6 Å². The number of nitrogens with one attached hydrogen (secondary N) is 1. The Balaban J connectivity index is 1.48. The fourth-order valence-electron chi connectivity index (χ4n) is 2.81. The zero-order valence-electron chi connectivity index (χ0n) is 13.4. The van der Waals surface area contributed by atoms with Crippen LogP contribution in [0.15, 0.2) is 18.2 Å². The molecule has 0 spiro atoms. The highest BCUT2D eigenvalue weighted by Crippen LogP contribution is 2.27. The van der Waals surface area contributed by atoms with Crippen LogP contribution in [0.5, 0.6) is 0 Å². The molecule has 0 radical (unpaired) electrons. The minimum atomic E-state index is -0.615. The van der Waals surface area contributed by atoms with Crippen LogP contribution in [0.3, 0.4) is 0 Å². The standard InChI is InChI=1S/C17H21ClFN3O2/c18-13-3-4-14(15(19)9-13)17(24)22-7-5-21(6-8-22)16(23)11-20-10-12-1-2-12/h3-4,9,12,20H,1-2,5-8,10-11H2. The molecule has 1 heterocycles. The maximum absolute atomic E-state index is 13.9. The number of rotatable bonds is 5. The van der Waals surface area contributed by atoms with Crippen LogP contribution in [0, 0.1) is 11.7 Å². The van der Waals surface area contributed by atoms with Crippen LogP contribution >= 0.6 is 11.6 Å². The van der Waals surface area contributed by atoms with E-state index in [0.717, 1.165) is 18.5 Å². The van der Waals surface area contributed by atoms with Crippen LogP contribution in [-0.2, 0) is 4.79 Å². The van der Waals surface area contributed by atoms with Crippen LogP contribution in [0.25, 0.3) is 0 Å². The molecule has 0 bridgehead atoms. The molecule has 0 unspecified atom stereocenters. The zero-order valence-corrected chi connectivity index (χ0v) is 14.2. The molecule has 1 saturated heterocycles. The lowest BCUT2D eigenvalue weighted by Gasteiger charge is -2.35. The van der Waals surface area contributed by atoms with Crippen molar-refractivity contribution in [3.63, 3.8) is 0 Å². The smallest absolute Gasteiger partial charge is 0.256 e. The van der Waals surface area contributed by atoms with Crippen LogP contribution in [-0.4, -0.2) is 60.9 Å². The molecular weight excluding hydrogens is 333 g/mol. The van der Waals surface area contributed by atoms with Gasteiger partial charge in [-0.15, -0.1) is 0 Å². The van der Waals surface area contributed by atoms with E-state index in [2.05, 4.69) is 5.32 Å². The summed E-state index contributed by atoms with van der Waals surface area (Å²) in [6, 6.07) is 4.04. The first-order valence-corrected chi connectivity index (χ1v) is 8.65. The highest BCUT2D eigenvalue weighted by Gasteiger charge is 2.26. The molecule has 1 aliphatic heterocycles. The maximum atomic E-state index is 13.9. The average molecular weight is 354 g/mol. The van der Waals surface area contributed by atoms with Gasteiger partial charge in [0.05, 0.1) is 12.1 Å². The number of benzene rings is 1. The third-order valence-electron chi connectivity index (χ3n) is 4.49. The molecule has 2 amide bonds. The Kier molecular flexibility index (Phi) is 5.36. The van der Waals surface area contributed by atoms with Crippen LogP contribution in [0.2, 0.25) is 5.02 Å². The quantitative estimate of drug-likeness (QED) is 0.877. The summed E-state index contributed by atoms with van der Waals surface area (Å²) in [6.45, 7) is 3.02.